The first kappa shape index (κ1) is 14.3. The zero-order valence-electron chi connectivity index (χ0n) is 11.2. The quantitative estimate of drug-likeness (QED) is 0.746. The van der Waals surface area contributed by atoms with E-state index in [1.165, 1.54) is 14.2 Å². The zero-order valence-corrected chi connectivity index (χ0v) is 11.2. The number of ketones is 1. The van der Waals surface area contributed by atoms with Gasteiger partial charge in [0.05, 0.1) is 21.3 Å². The first-order valence-corrected chi connectivity index (χ1v) is 5.65. The van der Waals surface area contributed by atoms with Crippen LogP contribution in [0.15, 0.2) is 12.1 Å². The van der Waals surface area contributed by atoms with E-state index >= 15 is 0 Å². The van der Waals surface area contributed by atoms with Crippen molar-refractivity contribution in [3.63, 3.8) is 0 Å². The SMILES string of the molecule is CNCCC(=O)c1c(OC)cc(OC)cc1OC. The average molecular weight is 253 g/mol. The highest BCUT2D eigenvalue weighted by Crippen LogP contribution is 2.34. The average Bonchev–Trinajstić information content (AvgIpc) is 2.42. The molecule has 1 rings (SSSR count). The van der Waals surface area contributed by atoms with Crippen molar-refractivity contribution in [1.82, 2.24) is 5.32 Å². The van der Waals surface area contributed by atoms with Gasteiger partial charge in [-0.1, -0.05) is 0 Å². The number of methoxy groups -OCH3 is 3. The Morgan fingerprint density at radius 2 is 1.67 bits per heavy atom. The molecule has 0 unspecified atom stereocenters. The second-order valence-electron chi connectivity index (χ2n) is 3.68. The van der Waals surface area contributed by atoms with Crippen molar-refractivity contribution < 1.29 is 19.0 Å². The lowest BCUT2D eigenvalue weighted by Crippen LogP contribution is -2.14. The summed E-state index contributed by atoms with van der Waals surface area (Å²) in [4.78, 5) is 12.1. The molecule has 0 saturated heterocycles. The van der Waals surface area contributed by atoms with E-state index in [2.05, 4.69) is 5.32 Å². The topological polar surface area (TPSA) is 56.8 Å². The Hall–Kier alpha value is -1.75. The first-order chi connectivity index (χ1) is 8.67. The Morgan fingerprint density at radius 1 is 1.11 bits per heavy atom. The zero-order chi connectivity index (χ0) is 13.5. The number of hydrogen-bond acceptors (Lipinski definition) is 5. The Balaban J connectivity index is 3.18. The number of hydrogen-bond donors (Lipinski definition) is 1. The van der Waals surface area contributed by atoms with Crippen molar-refractivity contribution >= 4 is 5.78 Å². The van der Waals surface area contributed by atoms with Gasteiger partial charge in [-0.25, -0.2) is 0 Å². The molecule has 5 nitrogen and oxygen atoms in total. The molecule has 0 amide bonds. The van der Waals surface area contributed by atoms with E-state index in [4.69, 9.17) is 14.2 Å². The fourth-order valence-corrected chi connectivity index (χ4v) is 1.64. The molecule has 0 aromatic heterocycles. The van der Waals surface area contributed by atoms with E-state index in [9.17, 15) is 4.79 Å². The molecule has 0 spiro atoms. The number of carbonyl (C=O) groups excluding carboxylic acids is 1. The third kappa shape index (κ3) is 3.13. The van der Waals surface area contributed by atoms with Crippen LogP contribution in [0.5, 0.6) is 17.2 Å². The minimum absolute atomic E-state index is 0.0271. The Labute approximate surface area is 107 Å². The van der Waals surface area contributed by atoms with Crippen LogP contribution >= 0.6 is 0 Å². The summed E-state index contributed by atoms with van der Waals surface area (Å²) in [5.41, 5.74) is 0.455. The molecule has 5 heteroatoms. The molecule has 0 aliphatic heterocycles. The van der Waals surface area contributed by atoms with Crippen LogP contribution in [0.4, 0.5) is 0 Å². The number of ether oxygens (including phenoxy) is 3. The fraction of sp³-hybridized carbons (Fsp3) is 0.462. The highest BCUT2D eigenvalue weighted by atomic mass is 16.5. The van der Waals surface area contributed by atoms with Crippen LogP contribution in [-0.2, 0) is 0 Å². The van der Waals surface area contributed by atoms with Crippen molar-refractivity contribution in [3.05, 3.63) is 17.7 Å². The smallest absolute Gasteiger partial charge is 0.171 e. The first-order valence-electron chi connectivity index (χ1n) is 5.65. The molecule has 1 aromatic carbocycles. The molecule has 100 valence electrons. The van der Waals surface area contributed by atoms with Gasteiger partial charge in [0.15, 0.2) is 5.78 Å². The number of nitrogens with one attached hydrogen (secondary N) is 1. The van der Waals surface area contributed by atoms with Crippen LogP contribution in [0.2, 0.25) is 0 Å². The van der Waals surface area contributed by atoms with Gasteiger partial charge in [0, 0.05) is 25.1 Å². The summed E-state index contributed by atoms with van der Waals surface area (Å²) < 4.78 is 15.6. The molecule has 0 aliphatic rings. The van der Waals surface area contributed by atoms with Crippen LogP contribution in [-0.4, -0.2) is 40.7 Å². The second-order valence-corrected chi connectivity index (χ2v) is 3.68. The van der Waals surface area contributed by atoms with Gasteiger partial charge in [-0.3, -0.25) is 4.79 Å². The maximum Gasteiger partial charge on any atom is 0.171 e. The van der Waals surface area contributed by atoms with Crippen molar-refractivity contribution in [3.8, 4) is 17.2 Å². The van der Waals surface area contributed by atoms with Gasteiger partial charge in [-0.15, -0.1) is 0 Å². The number of carbonyl (C=O) groups is 1. The molecular weight excluding hydrogens is 234 g/mol. The van der Waals surface area contributed by atoms with Crippen LogP contribution in [0.1, 0.15) is 16.8 Å². The van der Waals surface area contributed by atoms with E-state index in [0.717, 1.165) is 0 Å². The fourth-order valence-electron chi connectivity index (χ4n) is 1.64. The molecular formula is C13H19NO4. The third-order valence-electron chi connectivity index (χ3n) is 2.60. The molecule has 0 atom stereocenters. The van der Waals surface area contributed by atoms with Gasteiger partial charge < -0.3 is 19.5 Å². The summed E-state index contributed by atoms with van der Waals surface area (Å²) in [7, 11) is 6.39. The Bertz CT molecular complexity index is 392. The predicted octanol–water partition coefficient (Wildman–Crippen LogP) is 1.50. The van der Waals surface area contributed by atoms with Crippen LogP contribution < -0.4 is 19.5 Å². The lowest BCUT2D eigenvalue weighted by atomic mass is 10.1. The van der Waals surface area contributed by atoms with Crippen LogP contribution in [0, 0.1) is 0 Å². The maximum atomic E-state index is 12.1. The molecule has 18 heavy (non-hydrogen) atoms. The minimum atomic E-state index is -0.0271. The molecule has 0 saturated carbocycles. The normalized spacial score (nSPS) is 10.0. The van der Waals surface area contributed by atoms with E-state index < -0.39 is 0 Å². The van der Waals surface area contributed by atoms with Crippen LogP contribution in [0.25, 0.3) is 0 Å². The third-order valence-corrected chi connectivity index (χ3v) is 2.60. The monoisotopic (exact) mass is 253 g/mol. The van der Waals surface area contributed by atoms with E-state index in [1.807, 2.05) is 0 Å². The maximum absolute atomic E-state index is 12.1. The molecule has 0 radical (unpaired) electrons. The highest BCUT2D eigenvalue weighted by molar-refractivity contribution is 6.01. The minimum Gasteiger partial charge on any atom is -0.496 e. The van der Waals surface area contributed by atoms with Gasteiger partial charge in [-0.05, 0) is 7.05 Å². The standard InChI is InChI=1S/C13H19NO4/c1-14-6-5-10(15)13-11(17-3)7-9(16-2)8-12(13)18-4/h7-8,14H,5-6H2,1-4H3. The van der Waals surface area contributed by atoms with Crippen molar-refractivity contribution in [2.75, 3.05) is 34.9 Å². The van der Waals surface area contributed by atoms with Gasteiger partial charge >= 0.3 is 0 Å². The van der Waals surface area contributed by atoms with Crippen molar-refractivity contribution in [1.29, 1.82) is 0 Å². The summed E-state index contributed by atoms with van der Waals surface area (Å²) in [6.45, 7) is 0.608. The molecule has 1 aromatic rings. The van der Waals surface area contributed by atoms with E-state index in [-0.39, 0.29) is 5.78 Å². The van der Waals surface area contributed by atoms with Crippen molar-refractivity contribution in [2.45, 2.75) is 6.42 Å². The second kappa shape index (κ2) is 6.86. The predicted molar refractivity (Wildman–Crippen MR) is 69.0 cm³/mol. The molecule has 0 aliphatic carbocycles. The largest absolute Gasteiger partial charge is 0.496 e. The van der Waals surface area contributed by atoms with Gasteiger partial charge in [0.25, 0.3) is 0 Å². The van der Waals surface area contributed by atoms with E-state index in [0.29, 0.717) is 35.8 Å². The lowest BCUT2D eigenvalue weighted by molar-refractivity contribution is 0.0977. The number of Topliss-reactive ketones (excluding diaryl/α,β-unsaturated/α-hetero) is 1. The van der Waals surface area contributed by atoms with Crippen LogP contribution in [0.3, 0.4) is 0 Å². The van der Waals surface area contributed by atoms with E-state index in [1.54, 1.807) is 26.3 Å². The summed E-state index contributed by atoms with van der Waals surface area (Å²) in [5, 5.41) is 2.94. The number of rotatable bonds is 7. The summed E-state index contributed by atoms with van der Waals surface area (Å²) >= 11 is 0. The number of benzene rings is 1. The van der Waals surface area contributed by atoms with Crippen molar-refractivity contribution in [2.24, 2.45) is 0 Å². The Morgan fingerprint density at radius 3 is 2.06 bits per heavy atom. The van der Waals surface area contributed by atoms with Gasteiger partial charge in [-0.2, -0.15) is 0 Å². The molecule has 0 heterocycles. The lowest BCUT2D eigenvalue weighted by Gasteiger charge is -2.14. The van der Waals surface area contributed by atoms with Gasteiger partial charge in [0.1, 0.15) is 22.8 Å². The summed E-state index contributed by atoms with van der Waals surface area (Å²) in [5.74, 6) is 1.49. The molecule has 0 bridgehead atoms. The Kier molecular flexibility index (Phi) is 5.45. The molecule has 1 N–H and O–H groups in total. The summed E-state index contributed by atoms with van der Waals surface area (Å²) in [6.07, 6.45) is 0.384. The molecule has 0 fully saturated rings. The van der Waals surface area contributed by atoms with Gasteiger partial charge in [0.2, 0.25) is 0 Å². The summed E-state index contributed by atoms with van der Waals surface area (Å²) in [6, 6.07) is 3.35. The highest BCUT2D eigenvalue weighted by Gasteiger charge is 2.19.